The van der Waals surface area contributed by atoms with E-state index in [1.54, 1.807) is 6.08 Å². The lowest BCUT2D eigenvalue weighted by atomic mass is 9.96. The number of isocyanates is 1. The van der Waals surface area contributed by atoms with Crippen LogP contribution in [0.25, 0.3) is 0 Å². The van der Waals surface area contributed by atoms with Crippen molar-refractivity contribution in [2.24, 2.45) is 4.99 Å². The van der Waals surface area contributed by atoms with Gasteiger partial charge in [0.1, 0.15) is 0 Å². The first-order chi connectivity index (χ1) is 6.14. The van der Waals surface area contributed by atoms with E-state index in [1.165, 1.54) is 0 Å². The highest BCUT2D eigenvalue weighted by Gasteiger charge is 2.16. The molecule has 0 aliphatic carbocycles. The minimum absolute atomic E-state index is 0.594. The summed E-state index contributed by atoms with van der Waals surface area (Å²) in [7, 11) is 0. The Morgan fingerprint density at radius 1 is 1.46 bits per heavy atom. The van der Waals surface area contributed by atoms with Crippen LogP contribution >= 0.6 is 0 Å². The Hall–Kier alpha value is -1.40. The van der Waals surface area contributed by atoms with Crippen molar-refractivity contribution >= 4 is 6.08 Å². The van der Waals surface area contributed by atoms with E-state index in [0.717, 1.165) is 5.56 Å². The molecule has 0 spiro atoms. The van der Waals surface area contributed by atoms with Gasteiger partial charge in [0.25, 0.3) is 0 Å². The summed E-state index contributed by atoms with van der Waals surface area (Å²) in [5.41, 5.74) is 0.530. The van der Waals surface area contributed by atoms with Crippen molar-refractivity contribution < 1.29 is 4.79 Å². The fourth-order valence-electron chi connectivity index (χ4n) is 1.19. The van der Waals surface area contributed by atoms with Gasteiger partial charge in [-0.05, 0) is 25.8 Å². The second-order valence-corrected chi connectivity index (χ2v) is 3.36. The highest BCUT2D eigenvalue weighted by atomic mass is 16.1. The van der Waals surface area contributed by atoms with Gasteiger partial charge in [0.05, 0.1) is 5.54 Å². The molecule has 0 aromatic heterocycles. The number of rotatable bonds is 3. The van der Waals surface area contributed by atoms with Crippen molar-refractivity contribution in [1.82, 2.24) is 0 Å². The summed E-state index contributed by atoms with van der Waals surface area (Å²) >= 11 is 0. The van der Waals surface area contributed by atoms with E-state index < -0.39 is 5.54 Å². The molecule has 2 nitrogen and oxygen atoms in total. The van der Waals surface area contributed by atoms with Crippen LogP contribution in [0, 0.1) is 6.92 Å². The Labute approximate surface area is 78.3 Å². The van der Waals surface area contributed by atoms with Crippen LogP contribution in [0.4, 0.5) is 0 Å². The summed E-state index contributed by atoms with van der Waals surface area (Å²) in [6.07, 6.45) is 2.20. The summed E-state index contributed by atoms with van der Waals surface area (Å²) in [4.78, 5) is 13.7. The van der Waals surface area contributed by atoms with Gasteiger partial charge in [0, 0.05) is 0 Å². The summed E-state index contributed by atoms with van der Waals surface area (Å²) < 4.78 is 0. The van der Waals surface area contributed by atoms with E-state index in [9.17, 15) is 4.79 Å². The molecule has 1 rings (SSSR count). The van der Waals surface area contributed by atoms with E-state index in [1.807, 2.05) is 37.3 Å². The van der Waals surface area contributed by atoms with Gasteiger partial charge in [-0.25, -0.2) is 4.79 Å². The minimum atomic E-state index is -0.594. The van der Waals surface area contributed by atoms with E-state index in [2.05, 4.69) is 11.9 Å². The maximum atomic E-state index is 10.1. The number of hydrogen-bond acceptors (Lipinski definition) is 2. The van der Waals surface area contributed by atoms with Crippen LogP contribution in [0.1, 0.15) is 12.5 Å². The Kier molecular flexibility index (Phi) is 2.99. The molecule has 0 saturated carbocycles. The topological polar surface area (TPSA) is 29.4 Å². The number of benzene rings is 1. The zero-order chi connectivity index (χ0) is 9.73. The van der Waals surface area contributed by atoms with Crippen molar-refractivity contribution in [2.75, 3.05) is 0 Å². The Morgan fingerprint density at radius 3 is 2.62 bits per heavy atom. The molecule has 0 N–H and O–H groups in total. The third kappa shape index (κ3) is 3.22. The predicted octanol–water partition coefficient (Wildman–Crippen LogP) is 2.16. The molecule has 2 heteroatoms. The number of hydrogen-bond donors (Lipinski definition) is 0. The molecule has 0 amide bonds. The second-order valence-electron chi connectivity index (χ2n) is 3.36. The van der Waals surface area contributed by atoms with E-state index >= 15 is 0 Å². The van der Waals surface area contributed by atoms with Gasteiger partial charge in [-0.3, -0.25) is 0 Å². The summed E-state index contributed by atoms with van der Waals surface area (Å²) in [6, 6.07) is 9.84. The third-order valence-corrected chi connectivity index (χ3v) is 1.74. The highest BCUT2D eigenvalue weighted by molar-refractivity contribution is 5.35. The van der Waals surface area contributed by atoms with Gasteiger partial charge >= 0.3 is 0 Å². The van der Waals surface area contributed by atoms with Gasteiger partial charge in [-0.15, -0.1) is 0 Å². The lowest BCUT2D eigenvalue weighted by Crippen LogP contribution is -2.20. The van der Waals surface area contributed by atoms with Crippen molar-refractivity contribution in [1.29, 1.82) is 0 Å². The van der Waals surface area contributed by atoms with Crippen molar-refractivity contribution in [3.63, 3.8) is 0 Å². The molecular weight excluding hydrogens is 162 g/mol. The fraction of sp³-hybridized carbons (Fsp3) is 0.273. The van der Waals surface area contributed by atoms with Gasteiger partial charge in [0.2, 0.25) is 6.08 Å². The number of aliphatic imine (C=N–C) groups is 1. The molecule has 1 unspecified atom stereocenters. The van der Waals surface area contributed by atoms with Crippen molar-refractivity contribution in [3.05, 3.63) is 42.8 Å². The average molecular weight is 174 g/mol. The molecule has 1 radical (unpaired) electrons. The van der Waals surface area contributed by atoms with Crippen LogP contribution in [-0.2, 0) is 11.2 Å². The first kappa shape index (κ1) is 9.69. The summed E-state index contributed by atoms with van der Waals surface area (Å²) in [5, 5.41) is 0. The predicted molar refractivity (Wildman–Crippen MR) is 52.0 cm³/mol. The van der Waals surface area contributed by atoms with Crippen LogP contribution < -0.4 is 0 Å². The molecular formula is C11H12NO. The maximum Gasteiger partial charge on any atom is 0.235 e. The maximum absolute atomic E-state index is 10.1. The monoisotopic (exact) mass is 174 g/mol. The normalized spacial score (nSPS) is 10.6. The van der Waals surface area contributed by atoms with Gasteiger partial charge in [-0.1, -0.05) is 30.3 Å². The summed E-state index contributed by atoms with van der Waals surface area (Å²) in [6.45, 7) is 5.64. The molecule has 1 atom stereocenters. The molecule has 13 heavy (non-hydrogen) atoms. The van der Waals surface area contributed by atoms with Crippen LogP contribution in [0.3, 0.4) is 0 Å². The van der Waals surface area contributed by atoms with Crippen LogP contribution in [-0.4, -0.2) is 11.6 Å². The Balaban J connectivity index is 2.74. The molecule has 0 heterocycles. The van der Waals surface area contributed by atoms with E-state index in [-0.39, 0.29) is 0 Å². The lowest BCUT2D eigenvalue weighted by Gasteiger charge is -2.16. The number of nitrogens with zero attached hydrogens (tertiary/aromatic N) is 1. The molecule has 67 valence electrons. The largest absolute Gasteiger partial charge is 0.235 e. The molecule has 1 aromatic rings. The van der Waals surface area contributed by atoms with Gasteiger partial charge in [-0.2, -0.15) is 4.99 Å². The molecule has 0 fully saturated rings. The quantitative estimate of drug-likeness (QED) is 0.510. The Bertz CT molecular complexity index is 310. The first-order valence-corrected chi connectivity index (χ1v) is 4.12. The van der Waals surface area contributed by atoms with Gasteiger partial charge < -0.3 is 0 Å². The molecule has 0 aliphatic rings. The average Bonchev–Trinajstić information content (AvgIpc) is 2.04. The smallest absolute Gasteiger partial charge is 0.211 e. The van der Waals surface area contributed by atoms with Crippen LogP contribution in [0.2, 0.25) is 0 Å². The number of carbonyl (C=O) groups excluding carboxylic acids is 1. The SMILES string of the molecule is [CH2]C(C)(Cc1ccccc1)N=C=O. The lowest BCUT2D eigenvalue weighted by molar-refractivity contribution is 0.534. The standard InChI is InChI=1S/C11H12NO/c1-11(2,12-9-13)8-10-6-4-3-5-7-10/h3-7H,1,8H2,2H3. The molecule has 0 bridgehead atoms. The van der Waals surface area contributed by atoms with Crippen molar-refractivity contribution in [2.45, 2.75) is 18.9 Å². The first-order valence-electron chi connectivity index (χ1n) is 4.12. The Morgan fingerprint density at radius 2 is 2.08 bits per heavy atom. The zero-order valence-corrected chi connectivity index (χ0v) is 7.66. The molecule has 0 aliphatic heterocycles. The summed E-state index contributed by atoms with van der Waals surface area (Å²) in [5.74, 6) is 0. The zero-order valence-electron chi connectivity index (χ0n) is 7.66. The minimum Gasteiger partial charge on any atom is -0.211 e. The second kappa shape index (κ2) is 4.01. The highest BCUT2D eigenvalue weighted by Crippen LogP contribution is 2.15. The molecule has 1 aromatic carbocycles. The van der Waals surface area contributed by atoms with Crippen LogP contribution in [0.15, 0.2) is 35.3 Å². The third-order valence-electron chi connectivity index (χ3n) is 1.74. The van der Waals surface area contributed by atoms with Gasteiger partial charge in [0.15, 0.2) is 0 Å². The van der Waals surface area contributed by atoms with Crippen molar-refractivity contribution in [3.8, 4) is 0 Å². The fourth-order valence-corrected chi connectivity index (χ4v) is 1.19. The van der Waals surface area contributed by atoms with Crippen LogP contribution in [0.5, 0.6) is 0 Å². The van der Waals surface area contributed by atoms with E-state index in [4.69, 9.17) is 0 Å². The van der Waals surface area contributed by atoms with E-state index in [0.29, 0.717) is 6.42 Å². The molecule has 0 saturated heterocycles.